The van der Waals surface area contributed by atoms with E-state index in [4.69, 9.17) is 10.5 Å². The molecule has 0 atom stereocenters. The first-order chi connectivity index (χ1) is 15.9. The molecular weight excluding hydrogens is 414 g/mol. The highest BCUT2D eigenvalue weighted by Crippen LogP contribution is 2.25. The zero-order chi connectivity index (χ0) is 24.5. The number of ether oxygens (including phenoxy) is 1. The van der Waals surface area contributed by atoms with E-state index in [9.17, 15) is 4.79 Å². The van der Waals surface area contributed by atoms with Gasteiger partial charge in [-0.15, -0.1) is 0 Å². The lowest BCUT2D eigenvalue weighted by atomic mass is 10.2. The molecule has 1 heterocycles. The number of benzene rings is 1. The van der Waals surface area contributed by atoms with Crippen LogP contribution < -0.4 is 16.4 Å². The van der Waals surface area contributed by atoms with E-state index >= 15 is 0 Å². The second kappa shape index (κ2) is 15.9. The van der Waals surface area contributed by atoms with E-state index in [0.717, 1.165) is 17.7 Å². The van der Waals surface area contributed by atoms with Gasteiger partial charge in [0, 0.05) is 25.6 Å². The van der Waals surface area contributed by atoms with Crippen LogP contribution >= 0.6 is 0 Å². The highest BCUT2D eigenvalue weighted by Gasteiger charge is 2.11. The summed E-state index contributed by atoms with van der Waals surface area (Å²) in [4.78, 5) is 20.2. The fourth-order valence-corrected chi connectivity index (χ4v) is 2.61. The number of amides is 1. The first kappa shape index (κ1) is 27.2. The van der Waals surface area contributed by atoms with Gasteiger partial charge in [-0.3, -0.25) is 4.79 Å². The smallest absolute Gasteiger partial charge is 0.216 e. The van der Waals surface area contributed by atoms with Crippen molar-refractivity contribution in [1.29, 1.82) is 0 Å². The SMILES string of the molecule is C=CC=C.CC/C=C(\C)OC/C=C/c1c(N)nc(-c2ccccc2)nc1NCCNC(C)=O. The number of nitrogen functional groups attached to an aromatic ring is 1. The minimum absolute atomic E-state index is 0.0771. The molecule has 2 aromatic rings. The minimum Gasteiger partial charge on any atom is -0.495 e. The predicted octanol–water partition coefficient (Wildman–Crippen LogP) is 4.98. The summed E-state index contributed by atoms with van der Waals surface area (Å²) in [6, 6.07) is 9.65. The molecule has 0 unspecified atom stereocenters. The van der Waals surface area contributed by atoms with E-state index in [0.29, 0.717) is 42.7 Å². The van der Waals surface area contributed by atoms with Crippen LogP contribution in [-0.4, -0.2) is 35.6 Å². The second-order valence-corrected chi connectivity index (χ2v) is 6.88. The Kier molecular flexibility index (Phi) is 13.1. The lowest BCUT2D eigenvalue weighted by molar-refractivity contribution is -0.118. The van der Waals surface area contributed by atoms with Crippen molar-refractivity contribution in [3.05, 3.63) is 79.1 Å². The molecular formula is C26H35N5O2. The maximum Gasteiger partial charge on any atom is 0.216 e. The van der Waals surface area contributed by atoms with Crippen molar-refractivity contribution in [2.75, 3.05) is 30.7 Å². The summed E-state index contributed by atoms with van der Waals surface area (Å²) in [7, 11) is 0. The van der Waals surface area contributed by atoms with E-state index in [1.807, 2.05) is 55.5 Å². The largest absolute Gasteiger partial charge is 0.495 e. The van der Waals surface area contributed by atoms with Crippen molar-refractivity contribution in [3.63, 3.8) is 0 Å². The maximum atomic E-state index is 11.1. The molecule has 0 aliphatic carbocycles. The van der Waals surface area contributed by atoms with Crippen LogP contribution in [0.4, 0.5) is 11.6 Å². The van der Waals surface area contributed by atoms with E-state index in [1.54, 1.807) is 12.2 Å². The number of nitrogens with zero attached hydrogens (tertiary/aromatic N) is 2. The van der Waals surface area contributed by atoms with Gasteiger partial charge in [0.2, 0.25) is 5.91 Å². The Morgan fingerprint density at radius 3 is 2.42 bits per heavy atom. The van der Waals surface area contributed by atoms with Gasteiger partial charge in [-0.1, -0.05) is 62.6 Å². The summed E-state index contributed by atoms with van der Waals surface area (Å²) < 4.78 is 5.63. The molecule has 0 aliphatic rings. The molecule has 7 heteroatoms. The van der Waals surface area contributed by atoms with Gasteiger partial charge in [0.05, 0.1) is 11.3 Å². The third-order valence-corrected chi connectivity index (χ3v) is 4.15. The number of nitrogens with one attached hydrogen (secondary N) is 2. The number of anilines is 2. The standard InChI is InChI=1S/C22H29N5O2.C4H6/c1-4-9-16(2)29-15-8-12-19-20(23)26-21(18-10-6-5-7-11-18)27-22(19)25-14-13-24-17(3)28;1-3-4-2/h5-12H,4,13-15H2,1-3H3,(H,24,28)(H3,23,25,26,27);3-4H,1-2H2/b12-8+,16-9+;. The van der Waals surface area contributed by atoms with Crippen LogP contribution in [-0.2, 0) is 9.53 Å². The number of aromatic nitrogens is 2. The molecule has 0 saturated carbocycles. The van der Waals surface area contributed by atoms with Crippen molar-refractivity contribution in [2.45, 2.75) is 27.2 Å². The number of hydrogen-bond acceptors (Lipinski definition) is 6. The molecule has 1 aromatic carbocycles. The van der Waals surface area contributed by atoms with E-state index in [2.05, 4.69) is 40.7 Å². The predicted molar refractivity (Wildman–Crippen MR) is 138 cm³/mol. The first-order valence-electron chi connectivity index (χ1n) is 10.8. The van der Waals surface area contributed by atoms with Gasteiger partial charge in [0.25, 0.3) is 0 Å². The van der Waals surface area contributed by atoms with Gasteiger partial charge in [-0.2, -0.15) is 0 Å². The molecule has 0 radical (unpaired) electrons. The second-order valence-electron chi connectivity index (χ2n) is 6.88. The summed E-state index contributed by atoms with van der Waals surface area (Å²) in [5.74, 6) is 2.33. The third kappa shape index (κ3) is 10.8. The van der Waals surface area contributed by atoms with Crippen molar-refractivity contribution < 1.29 is 9.53 Å². The fourth-order valence-electron chi connectivity index (χ4n) is 2.61. The molecule has 0 fully saturated rings. The molecule has 0 bridgehead atoms. The number of hydrogen-bond donors (Lipinski definition) is 3. The number of rotatable bonds is 11. The summed E-state index contributed by atoms with van der Waals surface area (Å²) >= 11 is 0. The normalized spacial score (nSPS) is 10.7. The van der Waals surface area contributed by atoms with Crippen molar-refractivity contribution in [1.82, 2.24) is 15.3 Å². The van der Waals surface area contributed by atoms with Gasteiger partial charge in [0.15, 0.2) is 5.82 Å². The average molecular weight is 450 g/mol. The zero-order valence-electron chi connectivity index (χ0n) is 19.8. The molecule has 0 saturated heterocycles. The summed E-state index contributed by atoms with van der Waals surface area (Å²) in [5.41, 5.74) is 7.80. The van der Waals surface area contributed by atoms with Crippen LogP contribution in [0.5, 0.6) is 0 Å². The maximum absolute atomic E-state index is 11.1. The highest BCUT2D eigenvalue weighted by molar-refractivity contribution is 5.75. The van der Waals surface area contributed by atoms with E-state index < -0.39 is 0 Å². The summed E-state index contributed by atoms with van der Waals surface area (Å²) in [5, 5.41) is 5.99. The molecule has 2 rings (SSSR count). The van der Waals surface area contributed by atoms with Gasteiger partial charge >= 0.3 is 0 Å². The Morgan fingerprint density at radius 2 is 1.82 bits per heavy atom. The molecule has 33 heavy (non-hydrogen) atoms. The Hall–Kier alpha value is -3.87. The number of carbonyl (C=O) groups is 1. The van der Waals surface area contributed by atoms with Gasteiger partial charge in [0.1, 0.15) is 18.2 Å². The average Bonchev–Trinajstić information content (AvgIpc) is 2.81. The van der Waals surface area contributed by atoms with Crippen LogP contribution in [0.25, 0.3) is 17.5 Å². The van der Waals surface area contributed by atoms with E-state index in [-0.39, 0.29) is 5.91 Å². The number of carbonyl (C=O) groups excluding carboxylic acids is 1. The van der Waals surface area contributed by atoms with Crippen LogP contribution in [0, 0.1) is 0 Å². The lowest BCUT2D eigenvalue weighted by Gasteiger charge is -2.13. The van der Waals surface area contributed by atoms with Gasteiger partial charge in [-0.25, -0.2) is 9.97 Å². The Bertz CT molecular complexity index is 947. The Labute approximate surface area is 197 Å². The molecule has 4 N–H and O–H groups in total. The van der Waals surface area contributed by atoms with Crippen molar-refractivity contribution in [2.24, 2.45) is 0 Å². The van der Waals surface area contributed by atoms with Gasteiger partial charge in [-0.05, 0) is 31.6 Å². The molecule has 0 aliphatic heterocycles. The van der Waals surface area contributed by atoms with E-state index in [1.165, 1.54) is 6.92 Å². The molecule has 0 spiro atoms. The monoisotopic (exact) mass is 449 g/mol. The van der Waals surface area contributed by atoms with Gasteiger partial charge < -0.3 is 21.1 Å². The topological polar surface area (TPSA) is 102 Å². The first-order valence-corrected chi connectivity index (χ1v) is 10.8. The van der Waals surface area contributed by atoms with Crippen LogP contribution in [0.1, 0.15) is 32.8 Å². The minimum atomic E-state index is -0.0771. The van der Waals surface area contributed by atoms with Crippen LogP contribution in [0.2, 0.25) is 0 Å². The zero-order valence-corrected chi connectivity index (χ0v) is 19.8. The fraction of sp³-hybridized carbons (Fsp3) is 0.269. The van der Waals surface area contributed by atoms with Crippen molar-refractivity contribution in [3.8, 4) is 11.4 Å². The molecule has 1 amide bonds. The molecule has 176 valence electrons. The quantitative estimate of drug-likeness (QED) is 0.254. The molecule has 7 nitrogen and oxygen atoms in total. The summed E-state index contributed by atoms with van der Waals surface area (Å²) in [6.07, 6.45) is 9.96. The van der Waals surface area contributed by atoms with Crippen LogP contribution in [0.3, 0.4) is 0 Å². The Morgan fingerprint density at radius 1 is 1.12 bits per heavy atom. The number of allylic oxidation sites excluding steroid dienone is 4. The number of nitrogens with two attached hydrogens (primary N) is 1. The third-order valence-electron chi connectivity index (χ3n) is 4.15. The lowest BCUT2D eigenvalue weighted by Crippen LogP contribution is -2.26. The molecule has 1 aromatic heterocycles. The van der Waals surface area contributed by atoms with Crippen LogP contribution in [0.15, 0.2) is 73.6 Å². The summed E-state index contributed by atoms with van der Waals surface area (Å²) in [6.45, 7) is 13.6. The highest BCUT2D eigenvalue weighted by atomic mass is 16.5. The Balaban J connectivity index is 0.00000125. The van der Waals surface area contributed by atoms with Crippen molar-refractivity contribution >= 4 is 23.6 Å².